The van der Waals surface area contributed by atoms with Gasteiger partial charge in [0.25, 0.3) is 59.1 Å². The van der Waals surface area contributed by atoms with E-state index >= 15 is 0 Å². The van der Waals surface area contributed by atoms with E-state index in [0.29, 0.717) is 227 Å². The summed E-state index contributed by atoms with van der Waals surface area (Å²) < 4.78 is 93.9. The number of carboxylic acids is 3. The van der Waals surface area contributed by atoms with Gasteiger partial charge in [-0.1, -0.05) is 0 Å². The highest BCUT2D eigenvalue weighted by molar-refractivity contribution is 6.14. The second kappa shape index (κ2) is 75.2. The van der Waals surface area contributed by atoms with Crippen molar-refractivity contribution in [3.05, 3.63) is 36.5 Å². The molecule has 2 saturated heterocycles. The van der Waals surface area contributed by atoms with E-state index in [1.165, 1.54) is 12.2 Å². The third-order valence-electron chi connectivity index (χ3n) is 15.7. The lowest BCUT2D eigenvalue weighted by molar-refractivity contribution is -0.198. The van der Waals surface area contributed by atoms with Gasteiger partial charge in [-0.05, 0) is 40.0 Å². The minimum atomic E-state index is -0.896. The minimum Gasteiger partial charge on any atom is -0.481 e. The average Bonchev–Trinajstić information content (AvgIpc) is 1.70. The van der Waals surface area contributed by atoms with Crippen LogP contribution in [0.1, 0.15) is 124 Å². The van der Waals surface area contributed by atoms with Crippen molar-refractivity contribution < 1.29 is 197 Å². The van der Waals surface area contributed by atoms with Crippen LogP contribution in [-0.2, 0) is 181 Å². The summed E-state index contributed by atoms with van der Waals surface area (Å²) in [6, 6.07) is 0. The molecule has 0 bridgehead atoms. The van der Waals surface area contributed by atoms with Crippen LogP contribution in [0.5, 0.6) is 0 Å². The molecule has 720 valence electrons. The van der Waals surface area contributed by atoms with Crippen LogP contribution in [0, 0.1) is 0 Å². The largest absolute Gasteiger partial charge is 0.481 e. The van der Waals surface area contributed by atoms with Crippen LogP contribution in [0.2, 0.25) is 0 Å². The Morgan fingerprint density at radius 3 is 0.827 bits per heavy atom. The second-order valence-corrected chi connectivity index (χ2v) is 27.2. The molecule has 5 heterocycles. The molecule has 5 N–H and O–H groups in total. The smallest absolute Gasteiger partial charge is 0.335 e. The molecule has 5 aliphatic rings. The van der Waals surface area contributed by atoms with Crippen molar-refractivity contribution in [2.24, 2.45) is 5.73 Å². The van der Waals surface area contributed by atoms with Crippen molar-refractivity contribution in [1.29, 1.82) is 0 Å². The van der Waals surface area contributed by atoms with Crippen molar-refractivity contribution in [2.75, 3.05) is 238 Å². The van der Waals surface area contributed by atoms with Gasteiger partial charge in [0.2, 0.25) is 0 Å². The Morgan fingerprint density at radius 1 is 0.291 bits per heavy atom. The Balaban J connectivity index is 0.000000812. The van der Waals surface area contributed by atoms with E-state index < -0.39 is 88.7 Å². The number of rotatable bonds is 72. The maximum Gasteiger partial charge on any atom is 0.335 e. The van der Waals surface area contributed by atoms with Crippen LogP contribution in [0.4, 0.5) is 0 Å². The first-order chi connectivity index (χ1) is 60.9. The zero-order valence-electron chi connectivity index (χ0n) is 72.4. The van der Waals surface area contributed by atoms with E-state index in [1.807, 2.05) is 20.8 Å². The summed E-state index contributed by atoms with van der Waals surface area (Å²) in [7, 11) is 0. The molecule has 127 heavy (non-hydrogen) atoms. The number of Topliss-reactive ketones (excluding diaryl/α,β-unsaturated/α-hetero) is 1. The van der Waals surface area contributed by atoms with Crippen LogP contribution in [-0.4, -0.2) is 390 Å². The van der Waals surface area contributed by atoms with Gasteiger partial charge in [0.1, 0.15) is 11.4 Å². The number of esters is 2. The summed E-state index contributed by atoms with van der Waals surface area (Å²) in [4.78, 5) is 213. The molecule has 0 unspecified atom stereocenters. The molecule has 47 heteroatoms. The number of nitrogens with two attached hydrogens (primary N) is 1. The van der Waals surface area contributed by atoms with E-state index in [9.17, 15) is 86.3 Å². The van der Waals surface area contributed by atoms with Gasteiger partial charge in [0, 0.05) is 127 Å². The molecule has 0 spiro atoms. The number of ketones is 1. The molecule has 0 aromatic carbocycles. The normalized spacial score (nSPS) is 14.0. The molecular formula is C80H124N6O41. The number of hydrogen-bond donors (Lipinski definition) is 4. The van der Waals surface area contributed by atoms with Gasteiger partial charge in [-0.15, -0.1) is 10.1 Å². The van der Waals surface area contributed by atoms with E-state index in [2.05, 4.69) is 4.84 Å². The van der Waals surface area contributed by atoms with Gasteiger partial charge >= 0.3 is 41.8 Å². The molecule has 0 saturated carbocycles. The number of ether oxygens (including phenoxy) is 18. The monoisotopic (exact) mass is 1820 g/mol. The lowest BCUT2D eigenvalue weighted by Crippen LogP contribution is -2.35. The standard InChI is InChI=1S/C23H32N2O11.C18H27NO10.C17H32O8.C11H10N2O6.C11H23NO6/c26-18(7-9-24-19(27)3-4-20(24)28)2-1-10-32-12-14-34-16-17-35-15-13-33-11-8-23(31)36-25-21(29)5-6-22(25)30;20-15-3-4-16(21)19(15)14-29-18(24)2-1-6-25-8-10-27-12-13-28-11-9-26-7-5-17(22)23;1-17(2,3)25-16(20)5-4-7-21-9-11-23-13-14-24-12-10-22-8-6-15(18)19;14-7-1-2-8(15)12(7)6-5-11(18)19-13-9(16)3-4-10(13)17;12-2-4-16-6-8-18-10-9-17-7-5-15-3-1-11(13)14/h3-4H,1-2,5-17H2;3-4H,1-2,5-14H2,(H,22,23);4-14H2,1-3H3,(H,18,19);1-2H,3-6H2;1-10,12H2,(H,13,14). The lowest BCUT2D eigenvalue weighted by Gasteiger charge is -2.19. The quantitative estimate of drug-likeness (QED) is 0.0338. The number of aliphatic carboxylic acids is 3. The van der Waals surface area contributed by atoms with Gasteiger partial charge < -0.3 is 116 Å². The highest BCUT2D eigenvalue weighted by atomic mass is 16.7. The van der Waals surface area contributed by atoms with Crippen LogP contribution >= 0.6 is 0 Å². The first-order valence-corrected chi connectivity index (χ1v) is 41.2. The number of amides is 10. The van der Waals surface area contributed by atoms with Crippen LogP contribution in [0.15, 0.2) is 36.5 Å². The van der Waals surface area contributed by atoms with Gasteiger partial charge in [-0.25, -0.2) is 14.5 Å². The van der Waals surface area contributed by atoms with Crippen molar-refractivity contribution in [2.45, 2.75) is 129 Å². The van der Waals surface area contributed by atoms with Crippen LogP contribution in [0.3, 0.4) is 0 Å². The number of carbonyl (C=O) groups is 18. The first kappa shape index (κ1) is 115. The van der Waals surface area contributed by atoms with Gasteiger partial charge in [0.15, 0.2) is 6.73 Å². The van der Waals surface area contributed by atoms with Crippen LogP contribution < -0.4 is 5.73 Å². The van der Waals surface area contributed by atoms with Gasteiger partial charge in [0.05, 0.1) is 224 Å². The van der Waals surface area contributed by atoms with E-state index in [4.69, 9.17) is 111 Å². The Bertz CT molecular complexity index is 3320. The number of imide groups is 5. The zero-order valence-corrected chi connectivity index (χ0v) is 72.4. The number of nitrogens with zero attached hydrogens (tertiary/aromatic N) is 5. The Kier molecular flexibility index (Phi) is 68.2. The van der Waals surface area contributed by atoms with Crippen molar-refractivity contribution in [1.82, 2.24) is 24.8 Å². The summed E-state index contributed by atoms with van der Waals surface area (Å²) in [5.41, 5.74) is 4.80. The van der Waals surface area contributed by atoms with Crippen LogP contribution in [0.25, 0.3) is 0 Å². The minimum absolute atomic E-state index is 0.000878. The first-order valence-electron chi connectivity index (χ1n) is 41.2. The number of hydrogen-bond acceptors (Lipinski definition) is 39. The molecule has 47 nitrogen and oxygen atoms in total. The maximum atomic E-state index is 11.8. The average molecular weight is 1830 g/mol. The highest BCUT2D eigenvalue weighted by Gasteiger charge is 2.35. The summed E-state index contributed by atoms with van der Waals surface area (Å²) in [5, 5.41) is 26.1. The summed E-state index contributed by atoms with van der Waals surface area (Å²) in [6.07, 6.45) is 9.13. The maximum absolute atomic E-state index is 11.8. The predicted octanol–water partition coefficient (Wildman–Crippen LogP) is -0.508. The topological polar surface area (TPSA) is 595 Å². The molecular weight excluding hydrogens is 1700 g/mol. The molecule has 10 amide bonds. The molecule has 0 aromatic heterocycles. The van der Waals surface area contributed by atoms with E-state index in [1.54, 1.807) is 0 Å². The molecule has 5 rings (SSSR count). The van der Waals surface area contributed by atoms with Gasteiger partial charge in [-0.3, -0.25) is 86.5 Å². The van der Waals surface area contributed by atoms with Crippen molar-refractivity contribution >= 4 is 107 Å². The number of hydroxylamine groups is 4. The Hall–Kier alpha value is -9.80. The molecule has 0 radical (unpaired) electrons. The van der Waals surface area contributed by atoms with E-state index in [-0.39, 0.29) is 147 Å². The van der Waals surface area contributed by atoms with Crippen molar-refractivity contribution in [3.63, 3.8) is 0 Å². The summed E-state index contributed by atoms with van der Waals surface area (Å²) in [6.45, 7) is 17.9. The zero-order chi connectivity index (χ0) is 93.9. The van der Waals surface area contributed by atoms with E-state index in [0.717, 1.165) is 39.0 Å². The Morgan fingerprint density at radius 2 is 0.535 bits per heavy atom. The third kappa shape index (κ3) is 65.4. The predicted molar refractivity (Wildman–Crippen MR) is 429 cm³/mol. The summed E-state index contributed by atoms with van der Waals surface area (Å²) >= 11 is 0. The molecule has 2 fully saturated rings. The lowest BCUT2D eigenvalue weighted by atomic mass is 10.1. The fraction of sp³-hybridized carbons (Fsp3) is 0.700. The highest BCUT2D eigenvalue weighted by Crippen LogP contribution is 2.16. The fourth-order valence-electron chi connectivity index (χ4n) is 9.41. The Labute approximate surface area is 734 Å². The molecule has 5 aliphatic heterocycles. The van der Waals surface area contributed by atoms with Gasteiger partial charge in [-0.2, -0.15) is 0 Å². The molecule has 0 aromatic rings. The summed E-state index contributed by atoms with van der Waals surface area (Å²) in [5.74, 6) is -9.93. The second-order valence-electron chi connectivity index (χ2n) is 27.2. The fourth-order valence-corrected chi connectivity index (χ4v) is 9.41. The molecule has 0 aliphatic carbocycles. The number of carboxylic acid groups (broad SMARTS) is 3. The number of carbonyl (C=O) groups excluding carboxylic acids is 15. The molecule has 0 atom stereocenters. The SMILES string of the molecule is CC(C)(C)OC(=O)CCCOCCOCCOCCOCCC(=O)O.NCCOCCOCCOCCOCCC(=O)O.O=C(CCCOCCOCCOCCOCCC(=O)ON1C(=O)CCC1=O)CCN1C(=O)C=CC1=O.O=C(CCN1C(=O)C=CC1=O)ON1C(=O)CCC1=O.O=C(O)CCOCCOCCOCCOCCCC(=O)OCN1C(=O)C=CC1=O. The van der Waals surface area contributed by atoms with Crippen molar-refractivity contribution in [3.8, 4) is 0 Å². The third-order valence-corrected chi connectivity index (χ3v) is 15.7.